The van der Waals surface area contributed by atoms with Crippen LogP contribution in [0.25, 0.3) is 0 Å². The first-order valence-corrected chi connectivity index (χ1v) is 3.32. The molecule has 0 heterocycles. The van der Waals surface area contributed by atoms with Gasteiger partial charge < -0.3 is 5.73 Å². The van der Waals surface area contributed by atoms with Gasteiger partial charge in [0.2, 0.25) is 0 Å². The van der Waals surface area contributed by atoms with E-state index in [1.54, 1.807) is 0 Å². The molecule has 0 aromatic heterocycles. The van der Waals surface area contributed by atoms with Crippen molar-refractivity contribution in [3.8, 4) is 0 Å². The summed E-state index contributed by atoms with van der Waals surface area (Å²) in [5.74, 6) is -0.354. The molecule has 55 valence electrons. The molecule has 0 aliphatic carbocycles. The topological polar surface area (TPSA) is 80.4 Å². The standard InChI is InChI=1S/C2H7NO3S.Cu/c3-1-2-7(4,5)6;/h1-3H2,(H,4,5,6);. The Morgan fingerprint density at radius 2 is 1.88 bits per heavy atom. The normalized spacial score (nSPS) is 10.2. The molecule has 3 N–H and O–H groups in total. The fourth-order valence-electron chi connectivity index (χ4n) is 0.149. The smallest absolute Gasteiger partial charge is 0.266 e. The zero-order valence-corrected chi connectivity index (χ0v) is 5.72. The fourth-order valence-corrected chi connectivity index (χ4v) is 0.447. The molecule has 0 aliphatic heterocycles. The third kappa shape index (κ3) is 9.63. The van der Waals surface area contributed by atoms with Gasteiger partial charge >= 0.3 is 0 Å². The summed E-state index contributed by atoms with van der Waals surface area (Å²) in [5, 5.41) is 0. The quantitative estimate of drug-likeness (QED) is 0.423. The van der Waals surface area contributed by atoms with Crippen molar-refractivity contribution < 1.29 is 30.0 Å². The number of rotatable bonds is 2. The van der Waals surface area contributed by atoms with Gasteiger partial charge in [0, 0.05) is 23.6 Å². The van der Waals surface area contributed by atoms with Crippen LogP contribution >= 0.6 is 0 Å². The van der Waals surface area contributed by atoms with Crippen LogP contribution in [-0.2, 0) is 27.2 Å². The van der Waals surface area contributed by atoms with E-state index in [1.807, 2.05) is 0 Å². The molecule has 0 unspecified atom stereocenters. The predicted octanol–water partition coefficient (Wildman–Crippen LogP) is -1.17. The molecule has 0 atom stereocenters. The van der Waals surface area contributed by atoms with Crippen molar-refractivity contribution in [1.82, 2.24) is 0 Å². The van der Waals surface area contributed by atoms with Gasteiger partial charge in [0.25, 0.3) is 10.1 Å². The van der Waals surface area contributed by atoms with E-state index in [2.05, 4.69) is 0 Å². The Labute approximate surface area is 58.7 Å². The Bertz CT molecular complexity index is 130. The average molecular weight is 189 g/mol. The van der Waals surface area contributed by atoms with Crippen LogP contribution in [0.2, 0.25) is 0 Å². The predicted molar refractivity (Wildman–Crippen MR) is 25.5 cm³/mol. The molecule has 0 bridgehead atoms. The van der Waals surface area contributed by atoms with Gasteiger partial charge in [-0.05, 0) is 0 Å². The maximum absolute atomic E-state index is 9.71. The van der Waals surface area contributed by atoms with Gasteiger partial charge in [-0.2, -0.15) is 8.42 Å². The minimum atomic E-state index is -3.80. The second kappa shape index (κ2) is 4.29. The number of hydrogen-bond acceptors (Lipinski definition) is 3. The first kappa shape index (κ1) is 11.2. The van der Waals surface area contributed by atoms with Gasteiger partial charge in [-0.1, -0.05) is 0 Å². The Morgan fingerprint density at radius 1 is 1.50 bits per heavy atom. The molecule has 8 heavy (non-hydrogen) atoms. The summed E-state index contributed by atoms with van der Waals surface area (Å²) >= 11 is 0. The van der Waals surface area contributed by atoms with Crippen LogP contribution in [0.3, 0.4) is 0 Å². The largest absolute Gasteiger partial charge is 0.329 e. The minimum absolute atomic E-state index is 0. The molecule has 0 amide bonds. The zero-order valence-electron chi connectivity index (χ0n) is 3.97. The van der Waals surface area contributed by atoms with Crippen LogP contribution in [0.1, 0.15) is 0 Å². The number of hydrogen-bond donors (Lipinski definition) is 2. The van der Waals surface area contributed by atoms with E-state index in [4.69, 9.17) is 10.3 Å². The zero-order chi connectivity index (χ0) is 5.91. The molecular formula is C2H7CuNO3S. The monoisotopic (exact) mass is 188 g/mol. The van der Waals surface area contributed by atoms with Gasteiger partial charge in [-0.15, -0.1) is 0 Å². The van der Waals surface area contributed by atoms with E-state index in [0.717, 1.165) is 0 Å². The molecule has 0 saturated carbocycles. The maximum Gasteiger partial charge on any atom is 0.266 e. The van der Waals surface area contributed by atoms with Gasteiger partial charge in [0.1, 0.15) is 0 Å². The van der Waals surface area contributed by atoms with Crippen molar-refractivity contribution in [2.24, 2.45) is 5.73 Å². The van der Waals surface area contributed by atoms with Crippen LogP contribution in [-0.4, -0.2) is 25.3 Å². The molecular weight excluding hydrogens is 182 g/mol. The summed E-state index contributed by atoms with van der Waals surface area (Å²) in [6.07, 6.45) is 0. The molecule has 1 radical (unpaired) electrons. The molecule has 0 fully saturated rings. The molecule has 0 saturated heterocycles. The van der Waals surface area contributed by atoms with Crippen LogP contribution in [0, 0.1) is 0 Å². The summed E-state index contributed by atoms with van der Waals surface area (Å²) in [7, 11) is -3.80. The fraction of sp³-hybridized carbons (Fsp3) is 1.00. The maximum atomic E-state index is 9.71. The van der Waals surface area contributed by atoms with Crippen molar-refractivity contribution >= 4 is 10.1 Å². The van der Waals surface area contributed by atoms with Gasteiger partial charge in [0.15, 0.2) is 0 Å². The Kier molecular flexibility index (Phi) is 6.01. The molecule has 0 aromatic rings. The van der Waals surface area contributed by atoms with Gasteiger partial charge in [-0.25, -0.2) is 0 Å². The third-order valence-electron chi connectivity index (χ3n) is 0.376. The summed E-state index contributed by atoms with van der Waals surface area (Å²) in [6, 6.07) is 0. The van der Waals surface area contributed by atoms with E-state index in [-0.39, 0.29) is 29.4 Å². The summed E-state index contributed by atoms with van der Waals surface area (Å²) in [6.45, 7) is -0.0289. The van der Waals surface area contributed by atoms with E-state index in [1.165, 1.54) is 0 Å². The number of nitrogens with two attached hydrogens (primary N) is 1. The second-order valence-electron chi connectivity index (χ2n) is 1.07. The molecule has 4 nitrogen and oxygen atoms in total. The van der Waals surface area contributed by atoms with Crippen molar-refractivity contribution in [2.45, 2.75) is 0 Å². The molecule has 0 rings (SSSR count). The van der Waals surface area contributed by atoms with E-state index in [9.17, 15) is 8.42 Å². The molecule has 6 heteroatoms. The second-order valence-corrected chi connectivity index (χ2v) is 2.65. The third-order valence-corrected chi connectivity index (χ3v) is 1.13. The van der Waals surface area contributed by atoms with Crippen LogP contribution in [0.15, 0.2) is 0 Å². The Morgan fingerprint density at radius 3 is 1.88 bits per heavy atom. The minimum Gasteiger partial charge on any atom is -0.329 e. The van der Waals surface area contributed by atoms with E-state index in [0.29, 0.717) is 0 Å². The van der Waals surface area contributed by atoms with E-state index < -0.39 is 10.1 Å². The van der Waals surface area contributed by atoms with E-state index >= 15 is 0 Å². The Hall–Kier alpha value is 0.389. The van der Waals surface area contributed by atoms with Gasteiger partial charge in [0.05, 0.1) is 5.75 Å². The van der Waals surface area contributed by atoms with Crippen molar-refractivity contribution in [2.75, 3.05) is 12.3 Å². The van der Waals surface area contributed by atoms with Crippen molar-refractivity contribution in [3.63, 3.8) is 0 Å². The van der Waals surface area contributed by atoms with Crippen LogP contribution in [0.4, 0.5) is 0 Å². The van der Waals surface area contributed by atoms with Crippen molar-refractivity contribution in [1.29, 1.82) is 0 Å². The molecule has 0 aliphatic rings. The SMILES string of the molecule is NCCS(=O)(=O)O.[Cu]. The molecule has 0 aromatic carbocycles. The van der Waals surface area contributed by atoms with Gasteiger partial charge in [-0.3, -0.25) is 4.55 Å². The summed E-state index contributed by atoms with van der Waals surface area (Å²) in [4.78, 5) is 0. The average Bonchev–Trinajstić information content (AvgIpc) is 1.30. The van der Waals surface area contributed by atoms with Crippen LogP contribution in [0.5, 0.6) is 0 Å². The summed E-state index contributed by atoms with van der Waals surface area (Å²) < 4.78 is 27.3. The van der Waals surface area contributed by atoms with Crippen molar-refractivity contribution in [3.05, 3.63) is 0 Å². The van der Waals surface area contributed by atoms with Crippen LogP contribution < -0.4 is 5.73 Å². The Balaban J connectivity index is 0. The first-order chi connectivity index (χ1) is 3.06. The molecule has 0 spiro atoms. The summed E-state index contributed by atoms with van der Waals surface area (Å²) in [5.41, 5.74) is 4.78. The first-order valence-electron chi connectivity index (χ1n) is 1.71.